The fourth-order valence-corrected chi connectivity index (χ4v) is 3.42. The molecule has 0 amide bonds. The molecule has 0 aliphatic heterocycles. The van der Waals surface area contributed by atoms with Crippen molar-refractivity contribution in [3.63, 3.8) is 0 Å². The first-order valence-corrected chi connectivity index (χ1v) is 6.86. The number of hydrogen-bond acceptors (Lipinski definition) is 2. The Labute approximate surface area is 109 Å². The Balaban J connectivity index is 2.26. The van der Waals surface area contributed by atoms with Crippen LogP contribution in [-0.2, 0) is 11.3 Å². The van der Waals surface area contributed by atoms with Crippen molar-refractivity contribution >= 4 is 38.6 Å². The highest BCUT2D eigenvalue weighted by Gasteiger charge is 2.17. The van der Waals surface area contributed by atoms with Gasteiger partial charge >= 0.3 is 0 Å². The Morgan fingerprint density at radius 1 is 1.22 bits per heavy atom. The van der Waals surface area contributed by atoms with Crippen molar-refractivity contribution in [1.82, 2.24) is 0 Å². The maximum Gasteiger partial charge on any atom is 0.235 e. The average Bonchev–Trinajstić information content (AvgIpc) is 2.68. The Bertz CT molecular complexity index is 730. The topological polar surface area (TPSA) is 20.9 Å². The molecule has 3 rings (SSSR count). The largest absolute Gasteiger partial charge is 0.303 e. The smallest absolute Gasteiger partial charge is 0.235 e. The van der Waals surface area contributed by atoms with Crippen LogP contribution in [0, 0.1) is 6.92 Å². The molecule has 2 nitrogen and oxygen atoms in total. The fourth-order valence-electron chi connectivity index (χ4n) is 2.34. The van der Waals surface area contributed by atoms with Crippen molar-refractivity contribution < 1.29 is 9.36 Å². The van der Waals surface area contributed by atoms with Crippen LogP contribution in [0.15, 0.2) is 36.4 Å². The van der Waals surface area contributed by atoms with Gasteiger partial charge in [-0.3, -0.25) is 0 Å². The standard InChI is InChI=1S/C15H14NOS/c1-11-16(7-4-8-17)14-9-12-5-2-3-6-13(12)10-15(14)18-11/h2-3,5-6,8-10H,4,7H2,1H3/q+1. The monoisotopic (exact) mass is 256 g/mol. The molecule has 3 heteroatoms. The maximum absolute atomic E-state index is 10.5. The summed E-state index contributed by atoms with van der Waals surface area (Å²) in [6, 6.07) is 12.8. The lowest BCUT2D eigenvalue weighted by atomic mass is 10.1. The second kappa shape index (κ2) is 4.50. The van der Waals surface area contributed by atoms with Crippen LogP contribution in [-0.4, -0.2) is 6.29 Å². The van der Waals surface area contributed by atoms with Gasteiger partial charge in [-0.1, -0.05) is 35.6 Å². The molecule has 0 bridgehead atoms. The number of thiazole rings is 1. The maximum atomic E-state index is 10.5. The van der Waals surface area contributed by atoms with Crippen LogP contribution >= 0.6 is 11.3 Å². The highest BCUT2D eigenvalue weighted by atomic mass is 32.1. The molecule has 3 aromatic rings. The van der Waals surface area contributed by atoms with Gasteiger partial charge in [0.2, 0.25) is 10.5 Å². The molecule has 1 aromatic heterocycles. The summed E-state index contributed by atoms with van der Waals surface area (Å²) in [5.74, 6) is 0. The number of aromatic nitrogens is 1. The first-order valence-electron chi connectivity index (χ1n) is 6.05. The van der Waals surface area contributed by atoms with Gasteiger partial charge in [-0.15, -0.1) is 0 Å². The summed E-state index contributed by atoms with van der Waals surface area (Å²) >= 11 is 1.79. The molecule has 0 saturated carbocycles. The SMILES string of the molecule is Cc1sc2cc3ccccc3cc2[n+]1CCC=O. The summed E-state index contributed by atoms with van der Waals surface area (Å²) in [5, 5.41) is 3.78. The quantitative estimate of drug-likeness (QED) is 0.520. The van der Waals surface area contributed by atoms with Gasteiger partial charge < -0.3 is 4.79 Å². The third kappa shape index (κ3) is 1.81. The van der Waals surface area contributed by atoms with E-state index in [-0.39, 0.29) is 0 Å². The zero-order valence-corrected chi connectivity index (χ0v) is 11.0. The lowest BCUT2D eigenvalue weighted by Crippen LogP contribution is -2.35. The van der Waals surface area contributed by atoms with Gasteiger partial charge in [0, 0.05) is 13.0 Å². The van der Waals surface area contributed by atoms with E-state index in [1.807, 2.05) is 0 Å². The zero-order chi connectivity index (χ0) is 12.5. The van der Waals surface area contributed by atoms with E-state index >= 15 is 0 Å². The van der Waals surface area contributed by atoms with E-state index in [9.17, 15) is 4.79 Å². The van der Waals surface area contributed by atoms with Crippen molar-refractivity contribution in [2.24, 2.45) is 0 Å². The molecule has 2 aromatic carbocycles. The van der Waals surface area contributed by atoms with Crippen molar-refractivity contribution in [3.05, 3.63) is 41.4 Å². The number of benzene rings is 2. The van der Waals surface area contributed by atoms with Gasteiger partial charge in [-0.2, -0.15) is 4.57 Å². The Hall–Kier alpha value is -1.74. The van der Waals surface area contributed by atoms with Gasteiger partial charge in [0.05, 0.1) is 6.42 Å². The van der Waals surface area contributed by atoms with Crippen molar-refractivity contribution in [1.29, 1.82) is 0 Å². The van der Waals surface area contributed by atoms with Crippen molar-refractivity contribution in [2.45, 2.75) is 19.9 Å². The normalized spacial score (nSPS) is 11.2. The van der Waals surface area contributed by atoms with Gasteiger partial charge in [-0.25, -0.2) is 0 Å². The number of fused-ring (bicyclic) bond motifs is 2. The van der Waals surface area contributed by atoms with Crippen LogP contribution in [0.1, 0.15) is 11.4 Å². The third-order valence-corrected chi connectivity index (χ3v) is 4.29. The lowest BCUT2D eigenvalue weighted by molar-refractivity contribution is -0.671. The number of carbonyl (C=O) groups excluding carboxylic acids is 1. The van der Waals surface area contributed by atoms with E-state index < -0.39 is 0 Å². The molecule has 0 spiro atoms. The molecule has 0 aliphatic rings. The molecular formula is C15H14NOS+. The van der Waals surface area contributed by atoms with E-state index in [0.29, 0.717) is 6.42 Å². The number of nitrogens with zero attached hydrogens (tertiary/aromatic N) is 1. The average molecular weight is 256 g/mol. The number of hydrogen-bond donors (Lipinski definition) is 0. The van der Waals surface area contributed by atoms with E-state index in [2.05, 4.69) is 47.9 Å². The van der Waals surface area contributed by atoms with Gasteiger partial charge in [0.15, 0.2) is 6.54 Å². The summed E-state index contributed by atoms with van der Waals surface area (Å²) in [5.41, 5.74) is 1.23. The van der Waals surface area contributed by atoms with Gasteiger partial charge in [0.25, 0.3) is 0 Å². The molecule has 0 N–H and O–H groups in total. The fraction of sp³-hybridized carbons (Fsp3) is 0.200. The highest BCUT2D eigenvalue weighted by molar-refractivity contribution is 7.18. The summed E-state index contributed by atoms with van der Waals surface area (Å²) in [6.07, 6.45) is 1.56. The molecule has 0 fully saturated rings. The number of aldehydes is 1. The first kappa shape index (κ1) is 11.4. The molecule has 1 heterocycles. The first-order chi connectivity index (χ1) is 8.79. The number of aryl methyl sites for hydroxylation is 2. The van der Waals surface area contributed by atoms with Crippen LogP contribution in [0.3, 0.4) is 0 Å². The third-order valence-electron chi connectivity index (χ3n) is 3.23. The van der Waals surface area contributed by atoms with Crippen LogP contribution in [0.25, 0.3) is 21.0 Å². The summed E-state index contributed by atoms with van der Waals surface area (Å²) in [7, 11) is 0. The molecule has 0 radical (unpaired) electrons. The van der Waals surface area contributed by atoms with E-state index in [1.165, 1.54) is 26.0 Å². The molecular weight excluding hydrogens is 242 g/mol. The molecule has 18 heavy (non-hydrogen) atoms. The van der Waals surface area contributed by atoms with Crippen molar-refractivity contribution in [3.8, 4) is 0 Å². The minimum Gasteiger partial charge on any atom is -0.303 e. The predicted octanol–water partition coefficient (Wildman–Crippen LogP) is 3.24. The molecule has 90 valence electrons. The van der Waals surface area contributed by atoms with Crippen molar-refractivity contribution in [2.75, 3.05) is 0 Å². The predicted molar refractivity (Wildman–Crippen MR) is 74.9 cm³/mol. The van der Waals surface area contributed by atoms with Crippen LogP contribution in [0.5, 0.6) is 0 Å². The second-order valence-corrected chi connectivity index (χ2v) is 5.63. The summed E-state index contributed by atoms with van der Waals surface area (Å²) in [6.45, 7) is 2.88. The van der Waals surface area contributed by atoms with Gasteiger partial charge in [0.1, 0.15) is 11.0 Å². The molecule has 0 unspecified atom stereocenters. The Kier molecular flexibility index (Phi) is 2.84. The lowest BCUT2D eigenvalue weighted by Gasteiger charge is -1.97. The van der Waals surface area contributed by atoms with E-state index in [1.54, 1.807) is 11.3 Å². The number of rotatable bonds is 3. The minimum atomic E-state index is 0.574. The highest BCUT2D eigenvalue weighted by Crippen LogP contribution is 2.25. The van der Waals surface area contributed by atoms with E-state index in [4.69, 9.17) is 0 Å². The van der Waals surface area contributed by atoms with E-state index in [0.717, 1.165) is 12.8 Å². The molecule has 0 aliphatic carbocycles. The molecule has 0 saturated heterocycles. The summed E-state index contributed by atoms with van der Waals surface area (Å²) < 4.78 is 3.53. The Morgan fingerprint density at radius 2 is 1.94 bits per heavy atom. The van der Waals surface area contributed by atoms with Gasteiger partial charge in [-0.05, 0) is 16.8 Å². The van der Waals surface area contributed by atoms with Crippen LogP contribution < -0.4 is 4.57 Å². The Morgan fingerprint density at radius 3 is 2.67 bits per heavy atom. The second-order valence-electron chi connectivity index (χ2n) is 4.40. The minimum absolute atomic E-state index is 0.574. The summed E-state index contributed by atoms with van der Waals surface area (Å²) in [4.78, 5) is 10.5. The number of carbonyl (C=O) groups is 1. The zero-order valence-electron chi connectivity index (χ0n) is 10.2. The van der Waals surface area contributed by atoms with Crippen LogP contribution in [0.2, 0.25) is 0 Å². The van der Waals surface area contributed by atoms with Crippen LogP contribution in [0.4, 0.5) is 0 Å². The molecule has 0 atom stereocenters.